The largest absolute Gasteiger partial charge is 0.397 e. The van der Waals surface area contributed by atoms with E-state index in [-0.39, 0.29) is 0 Å². The van der Waals surface area contributed by atoms with Gasteiger partial charge in [-0.2, -0.15) is 0 Å². The highest BCUT2D eigenvalue weighted by molar-refractivity contribution is 8.13. The zero-order chi connectivity index (χ0) is 17.2. The van der Waals surface area contributed by atoms with Crippen LogP contribution in [0.5, 0.6) is 0 Å². The molecule has 0 heterocycles. The Balaban J connectivity index is 3.68. The van der Waals surface area contributed by atoms with Gasteiger partial charge in [0, 0.05) is 25.4 Å². The lowest BCUT2D eigenvalue weighted by Gasteiger charge is -2.16. The van der Waals surface area contributed by atoms with E-state index in [1.165, 1.54) is 37.4 Å². The maximum Gasteiger partial charge on any atom is 0.321 e. The summed E-state index contributed by atoms with van der Waals surface area (Å²) in [5, 5.41) is 0.366. The van der Waals surface area contributed by atoms with Crippen molar-refractivity contribution in [3.05, 3.63) is 0 Å². The molecule has 138 valence electrons. The van der Waals surface area contributed by atoms with Crippen molar-refractivity contribution in [2.45, 2.75) is 91.0 Å². The van der Waals surface area contributed by atoms with Crippen molar-refractivity contribution in [3.63, 3.8) is 0 Å². The molecule has 0 spiro atoms. The molecule has 3 nitrogen and oxygen atoms in total. The molecule has 0 bridgehead atoms. The summed E-state index contributed by atoms with van der Waals surface area (Å²) in [5.74, 6) is 0.954. The van der Waals surface area contributed by atoms with Crippen LogP contribution in [0.3, 0.4) is 0 Å². The second-order valence-corrected chi connectivity index (χ2v) is 9.31. The standard InChI is InChI=1S/C18H38O3SSi/c1-4-7-10-13-18(19)22-16-11-12-17-23(20-14-8-5-2)21-15-9-6-3/h23H,4-17H2,1-3H3. The van der Waals surface area contributed by atoms with Crippen molar-refractivity contribution in [1.82, 2.24) is 0 Å². The average Bonchev–Trinajstić information content (AvgIpc) is 2.54. The molecule has 23 heavy (non-hydrogen) atoms. The molecule has 0 aliphatic heterocycles. The van der Waals surface area contributed by atoms with Crippen LogP contribution in [0.4, 0.5) is 0 Å². The first-order valence-electron chi connectivity index (χ1n) is 9.63. The molecule has 0 saturated carbocycles. The van der Waals surface area contributed by atoms with Crippen LogP contribution in [0.2, 0.25) is 6.04 Å². The molecule has 0 aromatic rings. The van der Waals surface area contributed by atoms with E-state index in [9.17, 15) is 4.79 Å². The number of thioether (sulfide) groups is 1. The van der Waals surface area contributed by atoms with E-state index in [1.54, 1.807) is 0 Å². The molecule has 0 saturated heterocycles. The minimum Gasteiger partial charge on any atom is -0.397 e. The molecule has 0 radical (unpaired) electrons. The van der Waals surface area contributed by atoms with Gasteiger partial charge in [0.25, 0.3) is 0 Å². The molecule has 0 aliphatic rings. The monoisotopic (exact) mass is 362 g/mol. The lowest BCUT2D eigenvalue weighted by Crippen LogP contribution is -2.24. The second-order valence-electron chi connectivity index (χ2n) is 6.05. The van der Waals surface area contributed by atoms with Crippen LogP contribution in [-0.4, -0.2) is 33.4 Å². The van der Waals surface area contributed by atoms with Crippen molar-refractivity contribution in [1.29, 1.82) is 0 Å². The Morgan fingerprint density at radius 3 is 2.00 bits per heavy atom. The normalized spacial score (nSPS) is 11.3. The number of rotatable bonds is 17. The Morgan fingerprint density at radius 1 is 0.826 bits per heavy atom. The van der Waals surface area contributed by atoms with Crippen molar-refractivity contribution in [2.24, 2.45) is 0 Å². The Hall–Kier alpha value is 0.157. The van der Waals surface area contributed by atoms with Gasteiger partial charge in [-0.1, -0.05) is 64.6 Å². The fourth-order valence-corrected chi connectivity index (χ4v) is 4.90. The molecule has 0 aromatic heterocycles. The predicted molar refractivity (Wildman–Crippen MR) is 105 cm³/mol. The van der Waals surface area contributed by atoms with Gasteiger partial charge in [0.1, 0.15) is 0 Å². The quantitative estimate of drug-likeness (QED) is 0.254. The van der Waals surface area contributed by atoms with Crippen LogP contribution in [0.25, 0.3) is 0 Å². The molecule has 0 fully saturated rings. The Morgan fingerprint density at radius 2 is 1.43 bits per heavy atom. The third kappa shape index (κ3) is 16.8. The zero-order valence-corrected chi connectivity index (χ0v) is 17.6. The fourth-order valence-electron chi connectivity index (χ4n) is 2.12. The van der Waals surface area contributed by atoms with Gasteiger partial charge in [-0.3, -0.25) is 4.79 Å². The summed E-state index contributed by atoms with van der Waals surface area (Å²) in [6.07, 6.45) is 11.0. The summed E-state index contributed by atoms with van der Waals surface area (Å²) >= 11 is 1.52. The van der Waals surface area contributed by atoms with Crippen LogP contribution < -0.4 is 0 Å². The summed E-state index contributed by atoms with van der Waals surface area (Å²) in [5.41, 5.74) is 0. The van der Waals surface area contributed by atoms with Crippen molar-refractivity contribution in [2.75, 3.05) is 19.0 Å². The minimum atomic E-state index is -1.48. The van der Waals surface area contributed by atoms with Crippen LogP contribution in [0.1, 0.15) is 85.0 Å². The first-order chi connectivity index (χ1) is 11.2. The van der Waals surface area contributed by atoms with E-state index in [2.05, 4.69) is 20.8 Å². The smallest absolute Gasteiger partial charge is 0.321 e. The van der Waals surface area contributed by atoms with Gasteiger partial charge in [-0.15, -0.1) is 0 Å². The van der Waals surface area contributed by atoms with Crippen LogP contribution in [-0.2, 0) is 13.6 Å². The molecule has 0 aliphatic carbocycles. The van der Waals surface area contributed by atoms with E-state index in [1.807, 2.05) is 0 Å². The van der Waals surface area contributed by atoms with E-state index >= 15 is 0 Å². The Labute approximate surface area is 150 Å². The molecule has 5 heteroatoms. The third-order valence-corrected chi connectivity index (χ3v) is 6.80. The average molecular weight is 363 g/mol. The number of carbonyl (C=O) groups excluding carboxylic acids is 1. The summed E-state index contributed by atoms with van der Waals surface area (Å²) < 4.78 is 11.9. The molecular weight excluding hydrogens is 324 g/mol. The lowest BCUT2D eigenvalue weighted by molar-refractivity contribution is -0.111. The molecule has 0 rings (SSSR count). The minimum absolute atomic E-state index is 0.366. The van der Waals surface area contributed by atoms with Gasteiger partial charge >= 0.3 is 9.28 Å². The summed E-state index contributed by atoms with van der Waals surface area (Å²) in [6, 6.07) is 1.08. The highest BCUT2D eigenvalue weighted by atomic mass is 32.2. The third-order valence-electron chi connectivity index (χ3n) is 3.68. The predicted octanol–water partition coefficient (Wildman–Crippen LogP) is 5.46. The van der Waals surface area contributed by atoms with Crippen molar-refractivity contribution >= 4 is 26.2 Å². The highest BCUT2D eigenvalue weighted by Crippen LogP contribution is 2.14. The number of hydrogen-bond donors (Lipinski definition) is 0. The van der Waals surface area contributed by atoms with Gasteiger partial charge in [0.05, 0.1) is 0 Å². The van der Waals surface area contributed by atoms with Gasteiger partial charge in [-0.25, -0.2) is 0 Å². The van der Waals surface area contributed by atoms with E-state index in [0.717, 1.165) is 63.5 Å². The molecule has 0 atom stereocenters. The summed E-state index contributed by atoms with van der Waals surface area (Å²) in [6.45, 7) is 8.25. The van der Waals surface area contributed by atoms with Gasteiger partial charge in [0.2, 0.25) is 0 Å². The van der Waals surface area contributed by atoms with Gasteiger partial charge < -0.3 is 8.85 Å². The van der Waals surface area contributed by atoms with Crippen molar-refractivity contribution < 1.29 is 13.6 Å². The number of carbonyl (C=O) groups is 1. The fraction of sp³-hybridized carbons (Fsp3) is 0.944. The van der Waals surface area contributed by atoms with E-state index < -0.39 is 9.28 Å². The van der Waals surface area contributed by atoms with Gasteiger partial charge in [0.15, 0.2) is 5.12 Å². The van der Waals surface area contributed by atoms with Crippen LogP contribution in [0.15, 0.2) is 0 Å². The molecule has 0 aromatic carbocycles. The first-order valence-corrected chi connectivity index (χ1v) is 12.4. The van der Waals surface area contributed by atoms with E-state index in [4.69, 9.17) is 8.85 Å². The highest BCUT2D eigenvalue weighted by Gasteiger charge is 2.13. The van der Waals surface area contributed by atoms with Crippen LogP contribution >= 0.6 is 11.8 Å². The second kappa shape index (κ2) is 18.5. The Bertz CT molecular complexity index is 255. The SMILES string of the molecule is CCCCCC(=O)SCCCC[SiH](OCCCC)OCCCC. The number of unbranched alkanes of at least 4 members (excludes halogenated alkanes) is 5. The summed E-state index contributed by atoms with van der Waals surface area (Å²) in [4.78, 5) is 11.7. The molecular formula is C18H38O3SSi. The summed E-state index contributed by atoms with van der Waals surface area (Å²) in [7, 11) is -1.48. The zero-order valence-electron chi connectivity index (χ0n) is 15.6. The first kappa shape index (κ1) is 23.2. The van der Waals surface area contributed by atoms with Gasteiger partial charge in [-0.05, 0) is 31.7 Å². The maximum absolute atomic E-state index is 11.7. The molecule has 0 N–H and O–H groups in total. The number of hydrogen-bond acceptors (Lipinski definition) is 4. The topological polar surface area (TPSA) is 35.5 Å². The van der Waals surface area contributed by atoms with Crippen LogP contribution in [0, 0.1) is 0 Å². The molecule has 0 amide bonds. The Kier molecular flexibility index (Phi) is 18.6. The maximum atomic E-state index is 11.7. The lowest BCUT2D eigenvalue weighted by atomic mass is 10.2. The van der Waals surface area contributed by atoms with E-state index in [0.29, 0.717) is 5.12 Å². The van der Waals surface area contributed by atoms with Crippen molar-refractivity contribution in [3.8, 4) is 0 Å². The molecule has 0 unspecified atom stereocenters.